The van der Waals surface area contributed by atoms with E-state index < -0.39 is 64.0 Å². The molecule has 0 bridgehead atoms. The van der Waals surface area contributed by atoms with Gasteiger partial charge in [-0.1, -0.05) is 0 Å². The lowest BCUT2D eigenvalue weighted by Gasteiger charge is -2.29. The highest BCUT2D eigenvalue weighted by molar-refractivity contribution is 6.15. The minimum Gasteiger partial charge on any atom is -0.451 e. The lowest BCUT2D eigenvalue weighted by Crippen LogP contribution is -2.42. The van der Waals surface area contributed by atoms with Crippen molar-refractivity contribution < 1.29 is 50.1 Å². The summed E-state index contributed by atoms with van der Waals surface area (Å²) in [5.74, 6) is -9.38. The molecule has 0 unspecified atom stereocenters. The quantitative estimate of drug-likeness (QED) is 0.298. The number of cyclic esters (lactones) is 2. The van der Waals surface area contributed by atoms with Gasteiger partial charge in [0.25, 0.3) is 5.79 Å². The summed E-state index contributed by atoms with van der Waals surface area (Å²) in [4.78, 5) is 23.7. The van der Waals surface area contributed by atoms with E-state index in [1.54, 1.807) is 0 Å². The maximum absolute atomic E-state index is 14.3. The second kappa shape index (κ2) is 8.09. The fourth-order valence-electron chi connectivity index (χ4n) is 2.54. The third kappa shape index (κ3) is 4.95. The highest BCUT2D eigenvalue weighted by atomic mass is 19.4. The van der Waals surface area contributed by atoms with Crippen LogP contribution < -0.4 is 10.1 Å². The SMILES string of the molecule is CC1(C)OC(=O)C(=CNc2ccc(Oc3c(F)cc(C(F)(F)F)cc3F)cc2F)C(=O)O1. The summed E-state index contributed by atoms with van der Waals surface area (Å²) < 4.78 is 94.5. The van der Waals surface area contributed by atoms with Crippen LogP contribution in [0.2, 0.25) is 0 Å². The Morgan fingerprint density at radius 3 is 2.00 bits per heavy atom. The van der Waals surface area contributed by atoms with Crippen molar-refractivity contribution in [1.29, 1.82) is 0 Å². The predicted octanol–water partition coefficient (Wildman–Crippen LogP) is 5.05. The average molecular weight is 461 g/mol. The Kier molecular flexibility index (Phi) is 5.81. The smallest absolute Gasteiger partial charge is 0.416 e. The Bertz CT molecular complexity index is 1080. The first-order valence-electron chi connectivity index (χ1n) is 8.74. The van der Waals surface area contributed by atoms with Crippen molar-refractivity contribution in [2.24, 2.45) is 0 Å². The molecule has 0 saturated carbocycles. The number of esters is 2. The van der Waals surface area contributed by atoms with Gasteiger partial charge in [-0.3, -0.25) is 0 Å². The van der Waals surface area contributed by atoms with Crippen LogP contribution in [-0.4, -0.2) is 17.7 Å². The number of carbonyl (C=O) groups is 2. The molecule has 1 heterocycles. The molecule has 3 rings (SSSR count). The minimum atomic E-state index is -4.97. The van der Waals surface area contributed by atoms with Gasteiger partial charge in [-0.25, -0.2) is 22.8 Å². The molecule has 1 aliphatic rings. The number of alkyl halides is 3. The number of halogens is 6. The van der Waals surface area contributed by atoms with E-state index in [2.05, 4.69) is 5.32 Å². The molecule has 0 aromatic heterocycles. The number of hydrogen-bond acceptors (Lipinski definition) is 6. The monoisotopic (exact) mass is 461 g/mol. The molecule has 1 N–H and O–H groups in total. The van der Waals surface area contributed by atoms with Crippen LogP contribution in [0.15, 0.2) is 42.1 Å². The first-order chi connectivity index (χ1) is 14.8. The molecule has 0 amide bonds. The van der Waals surface area contributed by atoms with Crippen LogP contribution in [0.1, 0.15) is 19.4 Å². The molecule has 1 fully saturated rings. The van der Waals surface area contributed by atoms with Crippen molar-refractivity contribution in [1.82, 2.24) is 0 Å². The van der Waals surface area contributed by atoms with Gasteiger partial charge in [0.2, 0.25) is 0 Å². The summed E-state index contributed by atoms with van der Waals surface area (Å²) >= 11 is 0. The zero-order chi connectivity index (χ0) is 23.8. The second-order valence-corrected chi connectivity index (χ2v) is 6.89. The van der Waals surface area contributed by atoms with E-state index in [9.17, 15) is 35.9 Å². The molecule has 6 nitrogen and oxygen atoms in total. The number of anilines is 1. The second-order valence-electron chi connectivity index (χ2n) is 6.89. The third-order valence-electron chi connectivity index (χ3n) is 3.97. The lowest BCUT2D eigenvalue weighted by molar-refractivity contribution is -0.222. The molecule has 0 spiro atoms. The van der Waals surface area contributed by atoms with Gasteiger partial charge >= 0.3 is 18.1 Å². The van der Waals surface area contributed by atoms with E-state index in [1.165, 1.54) is 13.8 Å². The van der Waals surface area contributed by atoms with Crippen molar-refractivity contribution in [3.63, 3.8) is 0 Å². The number of benzene rings is 2. The van der Waals surface area contributed by atoms with Crippen LogP contribution in [-0.2, 0) is 25.2 Å². The lowest BCUT2D eigenvalue weighted by atomic mass is 10.2. The summed E-state index contributed by atoms with van der Waals surface area (Å²) in [6.45, 7) is 2.68. The maximum Gasteiger partial charge on any atom is 0.416 e. The summed E-state index contributed by atoms with van der Waals surface area (Å²) in [5.41, 5.74) is -2.37. The van der Waals surface area contributed by atoms with Crippen LogP contribution in [0.25, 0.3) is 0 Å². The Balaban J connectivity index is 1.78. The summed E-state index contributed by atoms with van der Waals surface area (Å²) in [6, 6.07) is 2.84. The number of rotatable bonds is 4. The van der Waals surface area contributed by atoms with Crippen molar-refractivity contribution in [2.45, 2.75) is 25.8 Å². The van der Waals surface area contributed by atoms with Crippen LogP contribution in [0.3, 0.4) is 0 Å². The standard InChI is InChI=1S/C20H13F6NO5/c1-19(2)31-17(28)11(18(29)32-19)8-27-15-4-3-10(7-12(15)21)30-16-13(22)5-9(6-14(16)23)20(24,25)26/h3-8,27H,1-2H3. The molecule has 2 aromatic carbocycles. The molecule has 0 aliphatic carbocycles. The average Bonchev–Trinajstić information content (AvgIpc) is 2.63. The fraction of sp³-hybridized carbons (Fsp3) is 0.200. The zero-order valence-corrected chi connectivity index (χ0v) is 16.3. The number of nitrogens with one attached hydrogen (secondary N) is 1. The molecule has 170 valence electrons. The molecule has 1 aliphatic heterocycles. The number of hydrogen-bond donors (Lipinski definition) is 1. The van der Waals surface area contributed by atoms with Crippen LogP contribution in [0.4, 0.5) is 32.0 Å². The van der Waals surface area contributed by atoms with Crippen LogP contribution in [0, 0.1) is 17.5 Å². The summed E-state index contributed by atoms with van der Waals surface area (Å²) in [7, 11) is 0. The van der Waals surface area contributed by atoms with E-state index in [0.29, 0.717) is 6.07 Å². The highest BCUT2D eigenvalue weighted by Crippen LogP contribution is 2.36. The van der Waals surface area contributed by atoms with Gasteiger partial charge in [-0.05, 0) is 24.3 Å². The van der Waals surface area contributed by atoms with Gasteiger partial charge < -0.3 is 19.5 Å². The topological polar surface area (TPSA) is 73.9 Å². The van der Waals surface area contributed by atoms with Crippen molar-refractivity contribution in [2.75, 3.05) is 5.32 Å². The Labute approximate surface area is 176 Å². The van der Waals surface area contributed by atoms with Crippen molar-refractivity contribution >= 4 is 17.6 Å². The van der Waals surface area contributed by atoms with Gasteiger partial charge in [-0.2, -0.15) is 13.2 Å². The first kappa shape index (κ1) is 23.0. The Morgan fingerprint density at radius 1 is 0.938 bits per heavy atom. The van der Waals surface area contributed by atoms with E-state index in [1.807, 2.05) is 0 Å². The van der Waals surface area contributed by atoms with E-state index in [-0.39, 0.29) is 17.8 Å². The Hall–Kier alpha value is -3.70. The van der Waals surface area contributed by atoms with Gasteiger partial charge in [0.05, 0.1) is 11.3 Å². The normalized spacial score (nSPS) is 15.7. The molecule has 2 aromatic rings. The van der Waals surface area contributed by atoms with Gasteiger partial charge in [0.1, 0.15) is 11.6 Å². The van der Waals surface area contributed by atoms with Gasteiger partial charge in [0, 0.05) is 26.1 Å². The highest BCUT2D eigenvalue weighted by Gasteiger charge is 2.39. The third-order valence-corrected chi connectivity index (χ3v) is 3.97. The molecule has 1 saturated heterocycles. The van der Waals surface area contributed by atoms with Gasteiger partial charge in [-0.15, -0.1) is 0 Å². The predicted molar refractivity (Wildman–Crippen MR) is 95.8 cm³/mol. The summed E-state index contributed by atoms with van der Waals surface area (Å²) in [5, 5.41) is 2.34. The molecule has 32 heavy (non-hydrogen) atoms. The zero-order valence-electron chi connectivity index (χ0n) is 16.3. The number of carbonyl (C=O) groups excluding carboxylic acids is 2. The Morgan fingerprint density at radius 2 is 1.50 bits per heavy atom. The molecular formula is C20H13F6NO5. The van der Waals surface area contributed by atoms with E-state index in [4.69, 9.17) is 14.2 Å². The van der Waals surface area contributed by atoms with E-state index in [0.717, 1.165) is 18.3 Å². The summed E-state index contributed by atoms with van der Waals surface area (Å²) in [6.07, 6.45) is -4.13. The molecular weight excluding hydrogens is 448 g/mol. The largest absolute Gasteiger partial charge is 0.451 e. The fourth-order valence-corrected chi connectivity index (χ4v) is 2.54. The molecule has 0 atom stereocenters. The maximum atomic E-state index is 14.3. The van der Waals surface area contributed by atoms with Crippen molar-refractivity contribution in [3.8, 4) is 11.5 Å². The minimum absolute atomic E-state index is 0.0422. The van der Waals surface area contributed by atoms with E-state index >= 15 is 0 Å². The van der Waals surface area contributed by atoms with Crippen molar-refractivity contribution in [3.05, 3.63) is 65.1 Å². The van der Waals surface area contributed by atoms with Crippen LogP contribution in [0.5, 0.6) is 11.5 Å². The first-order valence-corrected chi connectivity index (χ1v) is 8.74. The number of ether oxygens (including phenoxy) is 3. The van der Waals surface area contributed by atoms with Crippen LogP contribution >= 0.6 is 0 Å². The van der Waals surface area contributed by atoms with Gasteiger partial charge in [0.15, 0.2) is 23.0 Å². The molecule has 12 heteroatoms. The molecule has 0 radical (unpaired) electrons.